The zero-order valence-electron chi connectivity index (χ0n) is 10.6. The average molecular weight is 382 g/mol. The van der Waals surface area contributed by atoms with Crippen LogP contribution in [0.3, 0.4) is 0 Å². The molecule has 1 aromatic carbocycles. The van der Waals surface area contributed by atoms with Crippen LogP contribution in [-0.2, 0) is 14.8 Å². The molecule has 1 fully saturated rings. The van der Waals surface area contributed by atoms with E-state index in [0.29, 0.717) is 23.9 Å². The number of hydrogen-bond acceptors (Lipinski definition) is 3. The lowest BCUT2D eigenvalue weighted by Crippen LogP contribution is -2.44. The smallest absolute Gasteiger partial charge is 0.244 e. The molecule has 0 saturated carbocycles. The van der Waals surface area contributed by atoms with Crippen LogP contribution >= 0.6 is 27.5 Å². The minimum Gasteiger partial charge on any atom is -0.369 e. The highest BCUT2D eigenvalue weighted by atomic mass is 79.9. The van der Waals surface area contributed by atoms with Gasteiger partial charge in [0, 0.05) is 17.6 Å². The first-order valence-corrected chi connectivity index (χ1v) is 8.68. The van der Waals surface area contributed by atoms with Gasteiger partial charge in [0.2, 0.25) is 15.9 Å². The molecule has 110 valence electrons. The minimum atomic E-state index is -3.70. The summed E-state index contributed by atoms with van der Waals surface area (Å²) in [7, 11) is -3.70. The van der Waals surface area contributed by atoms with Gasteiger partial charge in [0.05, 0.1) is 10.9 Å². The van der Waals surface area contributed by atoms with Crippen molar-refractivity contribution in [3.05, 3.63) is 27.7 Å². The topological polar surface area (TPSA) is 80.5 Å². The molecule has 0 bridgehead atoms. The van der Waals surface area contributed by atoms with Crippen LogP contribution in [0.1, 0.15) is 12.8 Å². The molecule has 2 rings (SSSR count). The Morgan fingerprint density at radius 1 is 1.45 bits per heavy atom. The monoisotopic (exact) mass is 380 g/mol. The number of benzene rings is 1. The summed E-state index contributed by atoms with van der Waals surface area (Å²) >= 11 is 9.24. The molecule has 5 nitrogen and oxygen atoms in total. The van der Waals surface area contributed by atoms with Gasteiger partial charge in [-0.2, -0.15) is 4.31 Å². The predicted octanol–water partition coefficient (Wildman–Crippen LogP) is 1.99. The molecule has 1 aromatic rings. The zero-order valence-corrected chi connectivity index (χ0v) is 13.7. The molecule has 20 heavy (non-hydrogen) atoms. The molecular weight excluding hydrogens is 368 g/mol. The first-order valence-electron chi connectivity index (χ1n) is 6.07. The maximum atomic E-state index is 12.6. The van der Waals surface area contributed by atoms with Gasteiger partial charge in [-0.15, -0.1) is 0 Å². The van der Waals surface area contributed by atoms with Crippen molar-refractivity contribution in [2.24, 2.45) is 11.7 Å². The molecule has 0 spiro atoms. The van der Waals surface area contributed by atoms with Gasteiger partial charge in [0.1, 0.15) is 4.90 Å². The van der Waals surface area contributed by atoms with Gasteiger partial charge in [0.25, 0.3) is 0 Å². The fourth-order valence-electron chi connectivity index (χ4n) is 2.22. The molecule has 0 radical (unpaired) electrons. The van der Waals surface area contributed by atoms with Gasteiger partial charge in [-0.05, 0) is 31.0 Å². The van der Waals surface area contributed by atoms with E-state index in [2.05, 4.69) is 15.9 Å². The highest BCUT2D eigenvalue weighted by Crippen LogP contribution is 2.30. The Morgan fingerprint density at radius 3 is 2.75 bits per heavy atom. The highest BCUT2D eigenvalue weighted by molar-refractivity contribution is 9.10. The summed E-state index contributed by atoms with van der Waals surface area (Å²) in [4.78, 5) is 11.3. The Bertz CT molecular complexity index is 636. The van der Waals surface area contributed by atoms with E-state index in [4.69, 9.17) is 17.3 Å². The third-order valence-corrected chi connectivity index (χ3v) is 6.14. The van der Waals surface area contributed by atoms with E-state index in [1.807, 2.05) is 0 Å². The Kier molecular flexibility index (Phi) is 4.73. The van der Waals surface area contributed by atoms with E-state index in [9.17, 15) is 13.2 Å². The zero-order chi connectivity index (χ0) is 14.9. The fourth-order valence-corrected chi connectivity index (χ4v) is 4.75. The van der Waals surface area contributed by atoms with Gasteiger partial charge in [-0.1, -0.05) is 27.5 Å². The largest absolute Gasteiger partial charge is 0.369 e. The summed E-state index contributed by atoms with van der Waals surface area (Å²) in [6.07, 6.45) is 1.23. The van der Waals surface area contributed by atoms with E-state index in [0.717, 1.165) is 0 Å². The van der Waals surface area contributed by atoms with Gasteiger partial charge >= 0.3 is 0 Å². The van der Waals surface area contributed by atoms with Crippen LogP contribution in [0.2, 0.25) is 5.02 Å². The second kappa shape index (κ2) is 6.01. The quantitative estimate of drug-likeness (QED) is 0.869. The van der Waals surface area contributed by atoms with Crippen LogP contribution in [0.5, 0.6) is 0 Å². The first kappa shape index (κ1) is 15.8. The van der Waals surface area contributed by atoms with Crippen molar-refractivity contribution in [2.75, 3.05) is 13.1 Å². The molecule has 1 amide bonds. The number of sulfonamides is 1. The number of rotatable bonds is 3. The van der Waals surface area contributed by atoms with E-state index in [-0.39, 0.29) is 16.5 Å². The second-order valence-electron chi connectivity index (χ2n) is 4.68. The maximum Gasteiger partial charge on any atom is 0.244 e. The normalized spacial score (nSPS) is 20.8. The molecule has 1 aliphatic heterocycles. The molecular formula is C12H14BrClN2O3S. The Labute approximate surface area is 131 Å². The fraction of sp³-hybridized carbons (Fsp3) is 0.417. The molecule has 1 atom stereocenters. The number of amides is 1. The lowest BCUT2D eigenvalue weighted by Gasteiger charge is -2.30. The molecule has 1 saturated heterocycles. The highest BCUT2D eigenvalue weighted by Gasteiger charge is 2.33. The summed E-state index contributed by atoms with van der Waals surface area (Å²) in [6, 6.07) is 4.61. The average Bonchev–Trinajstić information content (AvgIpc) is 2.38. The molecule has 0 aromatic heterocycles. The molecule has 8 heteroatoms. The number of carbonyl (C=O) groups excluding carboxylic acids is 1. The Hall–Kier alpha value is -0.630. The van der Waals surface area contributed by atoms with Gasteiger partial charge in [-0.3, -0.25) is 4.79 Å². The predicted molar refractivity (Wildman–Crippen MR) is 79.8 cm³/mol. The van der Waals surface area contributed by atoms with Crippen molar-refractivity contribution in [2.45, 2.75) is 17.7 Å². The number of halogens is 2. The van der Waals surface area contributed by atoms with Crippen molar-refractivity contribution >= 4 is 43.5 Å². The van der Waals surface area contributed by atoms with Crippen molar-refractivity contribution in [1.29, 1.82) is 0 Å². The van der Waals surface area contributed by atoms with Crippen LogP contribution in [-0.4, -0.2) is 31.7 Å². The minimum absolute atomic E-state index is 0.0486. The number of nitrogens with two attached hydrogens (primary N) is 1. The van der Waals surface area contributed by atoms with Gasteiger partial charge < -0.3 is 5.73 Å². The van der Waals surface area contributed by atoms with E-state index in [1.165, 1.54) is 16.4 Å². The summed E-state index contributed by atoms with van der Waals surface area (Å²) in [5.74, 6) is -0.903. The van der Waals surface area contributed by atoms with Crippen LogP contribution in [0.4, 0.5) is 0 Å². The second-order valence-corrected chi connectivity index (χ2v) is 7.91. The Balaban J connectivity index is 2.32. The van der Waals surface area contributed by atoms with E-state index >= 15 is 0 Å². The van der Waals surface area contributed by atoms with Gasteiger partial charge in [-0.25, -0.2) is 8.42 Å². The SMILES string of the molecule is NC(=O)[C@H]1CCCN(S(=O)(=O)c2ccc(Br)cc2Cl)C1. The number of nitrogens with zero attached hydrogens (tertiary/aromatic N) is 1. The standard InChI is InChI=1S/C12H14BrClN2O3S/c13-9-3-4-11(10(14)6-9)20(18,19)16-5-1-2-8(7-16)12(15)17/h3-4,6,8H,1-2,5,7H2,(H2,15,17)/t8-/m0/s1. The molecule has 0 unspecified atom stereocenters. The molecule has 2 N–H and O–H groups in total. The van der Waals surface area contributed by atoms with Crippen molar-refractivity contribution in [3.63, 3.8) is 0 Å². The van der Waals surface area contributed by atoms with Crippen molar-refractivity contribution in [3.8, 4) is 0 Å². The van der Waals surface area contributed by atoms with Crippen molar-refractivity contribution in [1.82, 2.24) is 4.31 Å². The van der Waals surface area contributed by atoms with Crippen LogP contribution in [0.15, 0.2) is 27.6 Å². The lowest BCUT2D eigenvalue weighted by molar-refractivity contribution is -0.122. The van der Waals surface area contributed by atoms with Crippen molar-refractivity contribution < 1.29 is 13.2 Å². The summed E-state index contributed by atoms with van der Waals surface area (Å²) in [5.41, 5.74) is 5.27. The van der Waals surface area contributed by atoms with Crippen LogP contribution in [0.25, 0.3) is 0 Å². The van der Waals surface area contributed by atoms with E-state index < -0.39 is 21.8 Å². The number of primary amides is 1. The lowest BCUT2D eigenvalue weighted by atomic mass is 9.99. The number of piperidine rings is 1. The van der Waals surface area contributed by atoms with Crippen LogP contribution in [0, 0.1) is 5.92 Å². The third kappa shape index (κ3) is 3.16. The number of carbonyl (C=O) groups is 1. The maximum absolute atomic E-state index is 12.6. The molecule has 1 heterocycles. The van der Waals surface area contributed by atoms with Crippen LogP contribution < -0.4 is 5.73 Å². The van der Waals surface area contributed by atoms with Gasteiger partial charge in [0.15, 0.2) is 0 Å². The molecule has 1 aliphatic rings. The molecule has 0 aliphatic carbocycles. The summed E-state index contributed by atoms with van der Waals surface area (Å²) in [6.45, 7) is 0.489. The summed E-state index contributed by atoms with van der Waals surface area (Å²) < 4.78 is 27.1. The summed E-state index contributed by atoms with van der Waals surface area (Å²) in [5, 5.41) is 0.153. The third-order valence-electron chi connectivity index (χ3n) is 3.30. The Morgan fingerprint density at radius 2 is 2.15 bits per heavy atom. The first-order chi connectivity index (χ1) is 9.32. The number of hydrogen-bond donors (Lipinski definition) is 1. The van der Waals surface area contributed by atoms with E-state index in [1.54, 1.807) is 6.07 Å².